The van der Waals surface area contributed by atoms with Crippen LogP contribution in [-0.4, -0.2) is 40.3 Å². The Labute approximate surface area is 198 Å². The molecule has 0 radical (unpaired) electrons. The topological polar surface area (TPSA) is 83.6 Å². The third-order valence-corrected chi connectivity index (χ3v) is 7.23. The van der Waals surface area contributed by atoms with Gasteiger partial charge in [0, 0.05) is 24.2 Å². The molecule has 1 aromatic carbocycles. The monoisotopic (exact) mass is 552 g/mol. The molecule has 1 aromatic rings. The van der Waals surface area contributed by atoms with Gasteiger partial charge in [0.05, 0.1) is 11.1 Å². The number of unbranched alkanes of at least 4 members (excludes halogenated alkanes) is 6. The van der Waals surface area contributed by atoms with Crippen molar-refractivity contribution in [2.24, 2.45) is 0 Å². The Kier molecular flexibility index (Phi) is 8.96. The fraction of sp³-hybridized carbons (Fsp3) is 0.478. The molecule has 1 N–H and O–H groups in total. The predicted octanol–water partition coefficient (Wildman–Crippen LogP) is 4.25. The van der Waals surface area contributed by atoms with Gasteiger partial charge in [-0.3, -0.25) is 29.4 Å². The van der Waals surface area contributed by atoms with Crippen molar-refractivity contribution in [2.75, 3.05) is 5.75 Å². The number of piperidine rings is 1. The number of carbonyl (C=O) groups is 4. The Morgan fingerprint density at radius 3 is 2.52 bits per heavy atom. The molecule has 0 aliphatic carbocycles. The lowest BCUT2D eigenvalue weighted by molar-refractivity contribution is -0.136. The van der Waals surface area contributed by atoms with Crippen LogP contribution in [0, 0.1) is 11.8 Å². The Morgan fingerprint density at radius 2 is 1.77 bits per heavy atom. The fourth-order valence-electron chi connectivity index (χ4n) is 3.85. The summed E-state index contributed by atoms with van der Waals surface area (Å²) in [5.41, 5.74) is 1.05. The molecule has 1 unspecified atom stereocenters. The number of benzene rings is 1. The van der Waals surface area contributed by atoms with Crippen LogP contribution < -0.4 is 5.32 Å². The molecule has 31 heavy (non-hydrogen) atoms. The van der Waals surface area contributed by atoms with E-state index in [1.165, 1.54) is 31.4 Å². The summed E-state index contributed by atoms with van der Waals surface area (Å²) in [4.78, 5) is 50.4. The Hall–Kier alpha value is -1.86. The molecule has 3 rings (SSSR count). The first kappa shape index (κ1) is 23.8. The van der Waals surface area contributed by atoms with Crippen LogP contribution in [0.15, 0.2) is 18.2 Å². The third kappa shape index (κ3) is 5.89. The molecule has 1 atom stereocenters. The fourth-order valence-corrected chi connectivity index (χ4v) is 5.10. The standard InChI is InChI=1S/C23H25IN2O4S/c24-31-15-8-6-4-2-1-3-5-7-10-16-11-9-12-17-20(16)23(30)26(22(17)29)18-13-14-19(27)25-21(18)28/h9,11-12,18H,1-6,8,13-15H2,(H,25,27,28). The van der Waals surface area contributed by atoms with Gasteiger partial charge in [0.1, 0.15) is 6.04 Å². The molecule has 1 saturated heterocycles. The lowest BCUT2D eigenvalue weighted by atomic mass is 10.0. The number of rotatable bonds is 9. The van der Waals surface area contributed by atoms with Crippen molar-refractivity contribution >= 4 is 53.8 Å². The first-order chi connectivity index (χ1) is 15.0. The van der Waals surface area contributed by atoms with E-state index in [0.29, 0.717) is 5.56 Å². The second-order valence-electron chi connectivity index (χ2n) is 7.66. The van der Waals surface area contributed by atoms with Gasteiger partial charge in [0.2, 0.25) is 11.8 Å². The van der Waals surface area contributed by atoms with Gasteiger partial charge >= 0.3 is 0 Å². The number of imide groups is 2. The number of carbonyl (C=O) groups excluding carboxylic acids is 4. The average Bonchev–Trinajstić information content (AvgIpc) is 3.01. The highest BCUT2D eigenvalue weighted by atomic mass is 127. The summed E-state index contributed by atoms with van der Waals surface area (Å²) in [5, 5.41) is 2.21. The molecule has 0 bridgehead atoms. The van der Waals surface area contributed by atoms with Crippen LogP contribution in [0.4, 0.5) is 0 Å². The number of nitrogens with one attached hydrogen (secondary N) is 1. The second kappa shape index (κ2) is 11.7. The van der Waals surface area contributed by atoms with Gasteiger partial charge in [-0.2, -0.15) is 0 Å². The summed E-state index contributed by atoms with van der Waals surface area (Å²) < 4.78 is 0. The number of hydrogen-bond acceptors (Lipinski definition) is 5. The minimum atomic E-state index is -0.957. The van der Waals surface area contributed by atoms with Gasteiger partial charge in [-0.05, 0) is 52.6 Å². The lowest BCUT2D eigenvalue weighted by Gasteiger charge is -2.27. The maximum absolute atomic E-state index is 13.0. The van der Waals surface area contributed by atoms with Crippen LogP contribution in [0.25, 0.3) is 0 Å². The molecule has 6 nitrogen and oxygen atoms in total. The van der Waals surface area contributed by atoms with E-state index in [9.17, 15) is 19.2 Å². The van der Waals surface area contributed by atoms with Crippen molar-refractivity contribution in [3.05, 3.63) is 34.9 Å². The van der Waals surface area contributed by atoms with E-state index < -0.39 is 23.8 Å². The minimum absolute atomic E-state index is 0.105. The smallest absolute Gasteiger partial charge is 0.263 e. The van der Waals surface area contributed by atoms with Crippen molar-refractivity contribution < 1.29 is 19.2 Å². The quantitative estimate of drug-likeness (QED) is 0.214. The second-order valence-corrected chi connectivity index (χ2v) is 10.2. The highest BCUT2D eigenvalue weighted by molar-refractivity contribution is 14.2. The zero-order chi connectivity index (χ0) is 22.2. The van der Waals surface area contributed by atoms with Crippen LogP contribution >= 0.6 is 30.1 Å². The van der Waals surface area contributed by atoms with Gasteiger partial charge in [-0.15, -0.1) is 0 Å². The van der Waals surface area contributed by atoms with Gasteiger partial charge in [-0.25, -0.2) is 0 Å². The van der Waals surface area contributed by atoms with Gasteiger partial charge in [0.15, 0.2) is 0 Å². The van der Waals surface area contributed by atoms with E-state index in [-0.39, 0.29) is 29.9 Å². The Balaban J connectivity index is 1.59. The zero-order valence-electron chi connectivity index (χ0n) is 17.2. The van der Waals surface area contributed by atoms with Crippen LogP contribution in [0.2, 0.25) is 0 Å². The molecule has 2 aliphatic rings. The molecule has 0 spiro atoms. The van der Waals surface area contributed by atoms with E-state index in [1.54, 1.807) is 18.2 Å². The maximum Gasteiger partial charge on any atom is 0.263 e. The predicted molar refractivity (Wildman–Crippen MR) is 129 cm³/mol. The molecule has 2 aliphatic heterocycles. The van der Waals surface area contributed by atoms with Crippen molar-refractivity contribution in [1.82, 2.24) is 10.2 Å². The summed E-state index contributed by atoms with van der Waals surface area (Å²) in [7, 11) is 1.86. The van der Waals surface area contributed by atoms with Crippen LogP contribution in [0.5, 0.6) is 0 Å². The summed E-state index contributed by atoms with van der Waals surface area (Å²) >= 11 is 2.33. The zero-order valence-corrected chi connectivity index (χ0v) is 20.2. The van der Waals surface area contributed by atoms with E-state index in [4.69, 9.17) is 0 Å². The summed E-state index contributed by atoms with van der Waals surface area (Å²) in [6.07, 6.45) is 8.16. The molecule has 1 fully saturated rings. The SMILES string of the molecule is O=C1CCC(N2C(=O)c3cccc(C#CCCCCCCCCSI)c3C2=O)C(=O)N1. The van der Waals surface area contributed by atoms with Crippen LogP contribution in [0.1, 0.15) is 84.1 Å². The largest absolute Gasteiger partial charge is 0.295 e. The molecular formula is C23H25IN2O4S. The molecule has 164 valence electrons. The summed E-state index contributed by atoms with van der Waals surface area (Å²) in [6, 6.07) is 4.07. The number of halogens is 1. The highest BCUT2D eigenvalue weighted by Gasteiger charge is 2.45. The normalized spacial score (nSPS) is 18.0. The van der Waals surface area contributed by atoms with E-state index in [2.05, 4.69) is 38.4 Å². The number of nitrogens with zero attached hydrogens (tertiary/aromatic N) is 1. The van der Waals surface area contributed by atoms with Crippen molar-refractivity contribution in [3.8, 4) is 11.8 Å². The minimum Gasteiger partial charge on any atom is -0.295 e. The van der Waals surface area contributed by atoms with Crippen molar-refractivity contribution in [1.29, 1.82) is 0 Å². The number of amides is 4. The molecule has 2 heterocycles. The first-order valence-electron chi connectivity index (χ1n) is 10.6. The lowest BCUT2D eigenvalue weighted by Crippen LogP contribution is -2.54. The molecule has 0 aromatic heterocycles. The van der Waals surface area contributed by atoms with E-state index >= 15 is 0 Å². The van der Waals surface area contributed by atoms with E-state index in [0.717, 1.165) is 24.2 Å². The van der Waals surface area contributed by atoms with Crippen LogP contribution in [-0.2, 0) is 9.59 Å². The van der Waals surface area contributed by atoms with Crippen molar-refractivity contribution in [3.63, 3.8) is 0 Å². The highest BCUT2D eigenvalue weighted by Crippen LogP contribution is 2.29. The molecule has 8 heteroatoms. The summed E-state index contributed by atoms with van der Waals surface area (Å²) in [5.74, 6) is 5.39. The Morgan fingerprint density at radius 1 is 1.03 bits per heavy atom. The van der Waals surface area contributed by atoms with E-state index in [1.807, 2.05) is 8.93 Å². The first-order valence-corrected chi connectivity index (χ1v) is 14.1. The molecular weight excluding hydrogens is 527 g/mol. The average molecular weight is 552 g/mol. The Bertz CT molecular complexity index is 937. The van der Waals surface area contributed by atoms with Gasteiger partial charge in [0.25, 0.3) is 11.8 Å². The third-order valence-electron chi connectivity index (χ3n) is 5.46. The summed E-state index contributed by atoms with van der Waals surface area (Å²) in [6.45, 7) is 0. The maximum atomic E-state index is 13.0. The molecule has 0 saturated carbocycles. The van der Waals surface area contributed by atoms with Crippen molar-refractivity contribution in [2.45, 2.75) is 63.8 Å². The van der Waals surface area contributed by atoms with Gasteiger partial charge < -0.3 is 0 Å². The molecule has 4 amide bonds. The number of fused-ring (bicyclic) bond motifs is 1. The van der Waals surface area contributed by atoms with Gasteiger partial charge in [-0.1, -0.05) is 52.5 Å². The van der Waals surface area contributed by atoms with Crippen LogP contribution in [0.3, 0.4) is 0 Å². The number of hydrogen-bond donors (Lipinski definition) is 1.